The van der Waals surface area contributed by atoms with E-state index in [9.17, 15) is 4.79 Å². The summed E-state index contributed by atoms with van der Waals surface area (Å²) >= 11 is 0. The molecule has 1 aromatic carbocycles. The van der Waals surface area contributed by atoms with Crippen molar-refractivity contribution in [2.45, 2.75) is 13.3 Å². The van der Waals surface area contributed by atoms with E-state index in [4.69, 9.17) is 15.6 Å². The fourth-order valence-corrected chi connectivity index (χ4v) is 1.83. The van der Waals surface area contributed by atoms with E-state index in [1.807, 2.05) is 6.92 Å². The first-order valence-corrected chi connectivity index (χ1v) is 5.98. The summed E-state index contributed by atoms with van der Waals surface area (Å²) in [4.78, 5) is 13.9. The summed E-state index contributed by atoms with van der Waals surface area (Å²) in [6.07, 6.45) is 0.830. The fourth-order valence-electron chi connectivity index (χ4n) is 1.83. The van der Waals surface area contributed by atoms with Crippen LogP contribution in [0.2, 0.25) is 0 Å². The summed E-state index contributed by atoms with van der Waals surface area (Å²) in [5.74, 6) is 0.219. The van der Waals surface area contributed by atoms with Gasteiger partial charge in [-0.2, -0.15) is 0 Å². The van der Waals surface area contributed by atoms with Gasteiger partial charge in [0.2, 0.25) is 0 Å². The number of carbonyl (C=O) groups excluding carboxylic acids is 1. The van der Waals surface area contributed by atoms with Gasteiger partial charge < -0.3 is 20.5 Å². The van der Waals surface area contributed by atoms with Crippen LogP contribution >= 0.6 is 0 Å². The average molecular weight is 252 g/mol. The Morgan fingerprint density at radius 1 is 1.44 bits per heavy atom. The molecule has 0 radical (unpaired) electrons. The predicted octanol–water partition coefficient (Wildman–Crippen LogP) is 1.12. The third-order valence-electron chi connectivity index (χ3n) is 2.63. The van der Waals surface area contributed by atoms with Crippen molar-refractivity contribution in [3.8, 4) is 5.75 Å². The zero-order valence-corrected chi connectivity index (χ0v) is 10.8. The molecular weight excluding hydrogens is 232 g/mol. The minimum absolute atomic E-state index is 0.0592. The monoisotopic (exact) mass is 252 g/mol. The summed E-state index contributed by atoms with van der Waals surface area (Å²) in [6.45, 7) is 2.83. The van der Waals surface area contributed by atoms with Crippen molar-refractivity contribution in [1.82, 2.24) is 4.90 Å². The van der Waals surface area contributed by atoms with E-state index < -0.39 is 0 Å². The van der Waals surface area contributed by atoms with Crippen molar-refractivity contribution in [1.29, 1.82) is 0 Å². The molecule has 0 bridgehead atoms. The Hall–Kier alpha value is -1.75. The molecule has 1 aromatic rings. The third kappa shape index (κ3) is 3.13. The number of amides is 1. The fraction of sp³-hybridized carbons (Fsp3) is 0.462. The number of aliphatic hydroxyl groups is 1. The van der Waals surface area contributed by atoms with Gasteiger partial charge in [-0.25, -0.2) is 0 Å². The maximum Gasteiger partial charge on any atom is 0.257 e. The van der Waals surface area contributed by atoms with Crippen LogP contribution in [-0.4, -0.2) is 42.7 Å². The van der Waals surface area contributed by atoms with Crippen LogP contribution in [0.25, 0.3) is 0 Å². The molecule has 0 aliphatic rings. The maximum absolute atomic E-state index is 12.3. The number of aliphatic hydroxyl groups excluding tert-OH is 1. The number of benzene rings is 1. The van der Waals surface area contributed by atoms with Crippen LogP contribution in [0.15, 0.2) is 18.2 Å². The highest BCUT2D eigenvalue weighted by Gasteiger charge is 2.19. The molecule has 1 amide bonds. The summed E-state index contributed by atoms with van der Waals surface area (Å²) in [5, 5.41) is 8.99. The molecule has 1 rings (SSSR count). The molecule has 0 unspecified atom stereocenters. The molecule has 0 aliphatic carbocycles. The molecule has 3 N–H and O–H groups in total. The second-order valence-electron chi connectivity index (χ2n) is 3.94. The Morgan fingerprint density at radius 3 is 2.72 bits per heavy atom. The Labute approximate surface area is 107 Å². The summed E-state index contributed by atoms with van der Waals surface area (Å²) < 4.78 is 5.17. The third-order valence-corrected chi connectivity index (χ3v) is 2.63. The molecule has 5 nitrogen and oxygen atoms in total. The zero-order valence-electron chi connectivity index (χ0n) is 10.8. The number of methoxy groups -OCH3 is 1. The van der Waals surface area contributed by atoms with E-state index in [0.717, 1.165) is 6.42 Å². The second-order valence-corrected chi connectivity index (χ2v) is 3.94. The van der Waals surface area contributed by atoms with E-state index in [-0.39, 0.29) is 12.5 Å². The molecule has 0 saturated heterocycles. The lowest BCUT2D eigenvalue weighted by Crippen LogP contribution is -2.34. The van der Waals surface area contributed by atoms with Crippen LogP contribution < -0.4 is 10.5 Å². The van der Waals surface area contributed by atoms with Crippen LogP contribution in [0, 0.1) is 0 Å². The van der Waals surface area contributed by atoms with Crippen LogP contribution in [0.5, 0.6) is 5.75 Å². The van der Waals surface area contributed by atoms with Crippen LogP contribution in [0.3, 0.4) is 0 Å². The van der Waals surface area contributed by atoms with E-state index in [0.29, 0.717) is 30.1 Å². The van der Waals surface area contributed by atoms with Gasteiger partial charge in [-0.15, -0.1) is 0 Å². The van der Waals surface area contributed by atoms with Gasteiger partial charge in [0.25, 0.3) is 5.91 Å². The van der Waals surface area contributed by atoms with Gasteiger partial charge in [0, 0.05) is 13.1 Å². The zero-order chi connectivity index (χ0) is 13.5. The number of nitrogens with zero attached hydrogens (tertiary/aromatic N) is 1. The normalized spacial score (nSPS) is 10.2. The van der Waals surface area contributed by atoms with Crippen molar-refractivity contribution in [2.75, 3.05) is 32.5 Å². The lowest BCUT2D eigenvalue weighted by atomic mass is 10.1. The van der Waals surface area contributed by atoms with E-state index in [1.165, 1.54) is 7.11 Å². The number of hydrogen-bond donors (Lipinski definition) is 2. The highest BCUT2D eigenvalue weighted by Crippen LogP contribution is 2.27. The first-order valence-electron chi connectivity index (χ1n) is 5.98. The lowest BCUT2D eigenvalue weighted by Gasteiger charge is -2.22. The number of nitrogens with two attached hydrogens (primary N) is 1. The summed E-state index contributed by atoms with van der Waals surface area (Å²) in [7, 11) is 1.48. The molecule has 100 valence electrons. The van der Waals surface area contributed by atoms with Crippen LogP contribution in [0.1, 0.15) is 23.7 Å². The lowest BCUT2D eigenvalue weighted by molar-refractivity contribution is 0.0718. The summed E-state index contributed by atoms with van der Waals surface area (Å²) in [5.41, 5.74) is 6.64. The minimum Gasteiger partial charge on any atom is -0.494 e. The highest BCUT2D eigenvalue weighted by atomic mass is 16.5. The Bertz CT molecular complexity index is 401. The number of rotatable bonds is 6. The van der Waals surface area contributed by atoms with Gasteiger partial charge in [-0.1, -0.05) is 13.0 Å². The molecule has 0 saturated carbocycles. The van der Waals surface area contributed by atoms with Gasteiger partial charge in [0.05, 0.1) is 25.0 Å². The Kier molecular flexibility index (Phi) is 5.45. The number of hydrogen-bond acceptors (Lipinski definition) is 4. The molecule has 0 aromatic heterocycles. The van der Waals surface area contributed by atoms with Crippen LogP contribution in [0.4, 0.5) is 5.69 Å². The van der Waals surface area contributed by atoms with Crippen molar-refractivity contribution in [3.05, 3.63) is 23.8 Å². The van der Waals surface area contributed by atoms with Crippen molar-refractivity contribution >= 4 is 11.6 Å². The first kappa shape index (κ1) is 14.3. The maximum atomic E-state index is 12.3. The van der Waals surface area contributed by atoms with E-state index >= 15 is 0 Å². The number of nitrogen functional groups attached to an aromatic ring is 1. The largest absolute Gasteiger partial charge is 0.494 e. The van der Waals surface area contributed by atoms with E-state index in [1.54, 1.807) is 23.1 Å². The number of ether oxygens (including phenoxy) is 1. The highest BCUT2D eigenvalue weighted by molar-refractivity contribution is 5.98. The number of carbonyl (C=O) groups is 1. The Morgan fingerprint density at radius 2 is 2.17 bits per heavy atom. The molecule has 0 atom stereocenters. The standard InChI is InChI=1S/C13H20N2O3/c1-3-7-15(8-9-16)13(17)10-5-4-6-11(14)12(10)18-2/h4-6,16H,3,7-9,14H2,1-2H3. The second kappa shape index (κ2) is 6.86. The van der Waals surface area contributed by atoms with Gasteiger partial charge in [0.15, 0.2) is 5.75 Å². The SMILES string of the molecule is CCCN(CCO)C(=O)c1cccc(N)c1OC. The molecule has 5 heteroatoms. The molecule has 0 aliphatic heterocycles. The first-order chi connectivity index (χ1) is 8.65. The smallest absolute Gasteiger partial charge is 0.257 e. The molecule has 18 heavy (non-hydrogen) atoms. The number of anilines is 1. The van der Waals surface area contributed by atoms with Crippen molar-refractivity contribution < 1.29 is 14.6 Å². The molecule has 0 fully saturated rings. The molecule has 0 heterocycles. The van der Waals surface area contributed by atoms with Gasteiger partial charge >= 0.3 is 0 Å². The topological polar surface area (TPSA) is 75.8 Å². The Balaban J connectivity index is 3.04. The number of para-hydroxylation sites is 1. The van der Waals surface area contributed by atoms with Gasteiger partial charge in [-0.05, 0) is 18.6 Å². The average Bonchev–Trinajstić information content (AvgIpc) is 2.37. The van der Waals surface area contributed by atoms with Gasteiger partial charge in [0.1, 0.15) is 0 Å². The van der Waals surface area contributed by atoms with Crippen molar-refractivity contribution in [3.63, 3.8) is 0 Å². The predicted molar refractivity (Wildman–Crippen MR) is 70.7 cm³/mol. The summed E-state index contributed by atoms with van der Waals surface area (Å²) in [6, 6.07) is 5.08. The van der Waals surface area contributed by atoms with Crippen LogP contribution in [-0.2, 0) is 0 Å². The minimum atomic E-state index is -0.171. The van der Waals surface area contributed by atoms with Crippen molar-refractivity contribution in [2.24, 2.45) is 0 Å². The molecular formula is C13H20N2O3. The van der Waals surface area contributed by atoms with E-state index in [2.05, 4.69) is 0 Å². The quantitative estimate of drug-likeness (QED) is 0.744. The molecule has 0 spiro atoms. The van der Waals surface area contributed by atoms with Gasteiger partial charge in [-0.3, -0.25) is 4.79 Å².